The van der Waals surface area contributed by atoms with E-state index in [2.05, 4.69) is 49.5 Å². The molecule has 0 saturated carbocycles. The number of aryl methyl sites for hydroxylation is 1. The molecule has 13 heteroatoms. The first-order valence-electron chi connectivity index (χ1n) is 13.0. The first-order valence-corrected chi connectivity index (χ1v) is 14.3. The van der Waals surface area contributed by atoms with Crippen molar-refractivity contribution in [1.29, 1.82) is 0 Å². The van der Waals surface area contributed by atoms with Gasteiger partial charge >= 0.3 is 0 Å². The highest BCUT2D eigenvalue weighted by molar-refractivity contribution is 6.37. The molecule has 41 heavy (non-hydrogen) atoms. The van der Waals surface area contributed by atoms with Gasteiger partial charge in [0.05, 0.1) is 28.2 Å². The van der Waals surface area contributed by atoms with Crippen LogP contribution in [0.4, 0.5) is 17.3 Å². The summed E-state index contributed by atoms with van der Waals surface area (Å²) in [6.45, 7) is 4.57. The average molecular weight is 611 g/mol. The predicted octanol–water partition coefficient (Wildman–Crippen LogP) is 5.08. The SMILES string of the molecule is CN1CCN(c2ccc(Nc3ncc4c(=O)n(-c5c(Cl)cccc5Cl)nc(-c5cnn(CCCl)c5)c4n3)cc2)CC1. The van der Waals surface area contributed by atoms with Gasteiger partial charge in [-0.05, 0) is 43.4 Å². The van der Waals surface area contributed by atoms with Crippen LogP contribution < -0.4 is 15.8 Å². The van der Waals surface area contributed by atoms with Crippen LogP contribution in [0.25, 0.3) is 27.8 Å². The molecule has 0 atom stereocenters. The van der Waals surface area contributed by atoms with E-state index in [0.717, 1.165) is 31.9 Å². The van der Waals surface area contributed by atoms with Crippen LogP contribution in [0.1, 0.15) is 0 Å². The summed E-state index contributed by atoms with van der Waals surface area (Å²) in [5, 5.41) is 13.1. The molecule has 210 valence electrons. The molecule has 1 N–H and O–H groups in total. The van der Waals surface area contributed by atoms with Crippen molar-refractivity contribution >= 4 is 63.0 Å². The zero-order valence-electron chi connectivity index (χ0n) is 22.1. The first kappa shape index (κ1) is 27.5. The zero-order valence-corrected chi connectivity index (χ0v) is 24.4. The van der Waals surface area contributed by atoms with Gasteiger partial charge in [0.2, 0.25) is 5.95 Å². The molecule has 1 saturated heterocycles. The van der Waals surface area contributed by atoms with Crippen molar-refractivity contribution in [2.75, 3.05) is 49.3 Å². The number of aromatic nitrogens is 6. The van der Waals surface area contributed by atoms with Crippen LogP contribution in [-0.2, 0) is 6.54 Å². The number of nitrogens with zero attached hydrogens (tertiary/aromatic N) is 8. The smallest absolute Gasteiger partial charge is 0.282 e. The molecular formula is C28H26Cl3N9O. The lowest BCUT2D eigenvalue weighted by Gasteiger charge is -2.34. The van der Waals surface area contributed by atoms with E-state index in [-0.39, 0.29) is 21.1 Å². The van der Waals surface area contributed by atoms with Gasteiger partial charge in [-0.15, -0.1) is 11.6 Å². The van der Waals surface area contributed by atoms with E-state index in [9.17, 15) is 4.79 Å². The van der Waals surface area contributed by atoms with Gasteiger partial charge < -0.3 is 15.1 Å². The minimum Gasteiger partial charge on any atom is -0.369 e. The monoisotopic (exact) mass is 609 g/mol. The Balaban J connectivity index is 1.40. The fourth-order valence-corrected chi connectivity index (χ4v) is 5.50. The summed E-state index contributed by atoms with van der Waals surface area (Å²) in [7, 11) is 2.14. The molecule has 0 unspecified atom stereocenters. The number of para-hydroxylation sites is 1. The number of nitrogens with one attached hydrogen (secondary N) is 1. The highest BCUT2D eigenvalue weighted by Crippen LogP contribution is 2.30. The summed E-state index contributed by atoms with van der Waals surface area (Å²) >= 11 is 18.8. The third-order valence-corrected chi connectivity index (χ3v) is 7.78. The fraction of sp³-hybridized carbons (Fsp3) is 0.250. The first-order chi connectivity index (χ1) is 19.9. The number of benzene rings is 2. The normalized spacial score (nSPS) is 14.1. The lowest BCUT2D eigenvalue weighted by molar-refractivity contribution is 0.313. The summed E-state index contributed by atoms with van der Waals surface area (Å²) < 4.78 is 2.89. The maximum atomic E-state index is 13.6. The van der Waals surface area contributed by atoms with Crippen molar-refractivity contribution in [2.45, 2.75) is 6.54 Å². The molecular weight excluding hydrogens is 585 g/mol. The van der Waals surface area contributed by atoms with Gasteiger partial charge in [-0.1, -0.05) is 29.3 Å². The molecule has 0 amide bonds. The van der Waals surface area contributed by atoms with Crippen molar-refractivity contribution in [2.24, 2.45) is 0 Å². The number of anilines is 3. The minimum absolute atomic E-state index is 0.257. The molecule has 4 heterocycles. The van der Waals surface area contributed by atoms with Gasteiger partial charge in [0.15, 0.2) is 0 Å². The van der Waals surface area contributed by atoms with E-state index in [4.69, 9.17) is 39.8 Å². The van der Waals surface area contributed by atoms with Crippen molar-refractivity contribution < 1.29 is 0 Å². The predicted molar refractivity (Wildman–Crippen MR) is 164 cm³/mol. The molecule has 3 aromatic heterocycles. The third kappa shape index (κ3) is 5.60. The van der Waals surface area contributed by atoms with Crippen molar-refractivity contribution in [3.63, 3.8) is 0 Å². The highest BCUT2D eigenvalue weighted by Gasteiger charge is 2.20. The number of alkyl halides is 1. The molecule has 10 nitrogen and oxygen atoms in total. The Kier molecular flexibility index (Phi) is 7.81. The molecule has 0 spiro atoms. The Morgan fingerprint density at radius 3 is 2.41 bits per heavy atom. The number of hydrogen-bond donors (Lipinski definition) is 1. The zero-order chi connectivity index (χ0) is 28.5. The van der Waals surface area contributed by atoms with Gasteiger partial charge in [-0.2, -0.15) is 14.9 Å². The molecule has 6 rings (SSSR count). The van der Waals surface area contributed by atoms with Gasteiger partial charge in [0.25, 0.3) is 5.56 Å². The Morgan fingerprint density at radius 1 is 0.976 bits per heavy atom. The molecule has 0 bridgehead atoms. The molecule has 1 aliphatic rings. The van der Waals surface area contributed by atoms with Crippen LogP contribution in [0, 0.1) is 0 Å². The number of likely N-dealkylation sites (N-methyl/N-ethyl adjacent to an activating group) is 1. The summed E-state index contributed by atoms with van der Waals surface area (Å²) in [5.41, 5.74) is 3.26. The second kappa shape index (κ2) is 11.7. The Bertz CT molecular complexity index is 1740. The van der Waals surface area contributed by atoms with Crippen LogP contribution in [0.2, 0.25) is 10.0 Å². The van der Waals surface area contributed by atoms with Gasteiger partial charge in [0, 0.05) is 61.4 Å². The Hall–Kier alpha value is -3.70. The number of fused-ring (bicyclic) bond motifs is 1. The standard InChI is InChI=1S/C28H26Cl3N9O/c1-37-11-13-38(14-12-37)20-7-5-19(6-8-20)34-28-32-16-21-25(35-28)24(18-15-33-39(17-18)10-9-29)36-40(27(21)41)26-22(30)3-2-4-23(26)31/h2-8,15-17H,9-14H2,1H3,(H,32,34,35). The van der Waals surface area contributed by atoms with E-state index in [1.165, 1.54) is 16.6 Å². The summed E-state index contributed by atoms with van der Waals surface area (Å²) in [6.07, 6.45) is 4.95. The lowest BCUT2D eigenvalue weighted by Crippen LogP contribution is -2.44. The Labute approximate surface area is 251 Å². The fourth-order valence-electron chi connectivity index (χ4n) is 4.77. The summed E-state index contributed by atoms with van der Waals surface area (Å²) in [5.74, 6) is 0.724. The van der Waals surface area contributed by atoms with Crippen LogP contribution >= 0.6 is 34.8 Å². The van der Waals surface area contributed by atoms with Gasteiger partial charge in [0.1, 0.15) is 16.9 Å². The maximum Gasteiger partial charge on any atom is 0.282 e. The largest absolute Gasteiger partial charge is 0.369 e. The van der Waals surface area contributed by atoms with Crippen LogP contribution in [-0.4, -0.2) is 73.5 Å². The van der Waals surface area contributed by atoms with Crippen LogP contribution in [0.3, 0.4) is 0 Å². The molecule has 1 fully saturated rings. The van der Waals surface area contributed by atoms with Crippen LogP contribution in [0.5, 0.6) is 0 Å². The Morgan fingerprint density at radius 2 is 1.71 bits per heavy atom. The molecule has 1 aliphatic heterocycles. The third-order valence-electron chi connectivity index (χ3n) is 7.00. The average Bonchev–Trinajstić information content (AvgIpc) is 3.43. The number of halogens is 3. The lowest BCUT2D eigenvalue weighted by atomic mass is 10.2. The molecule has 5 aromatic rings. The van der Waals surface area contributed by atoms with Crippen molar-refractivity contribution in [3.05, 3.63) is 81.5 Å². The van der Waals surface area contributed by atoms with Gasteiger partial charge in [-0.25, -0.2) is 9.97 Å². The summed E-state index contributed by atoms with van der Waals surface area (Å²) in [4.78, 5) is 27.5. The maximum absolute atomic E-state index is 13.6. The van der Waals surface area contributed by atoms with Crippen LogP contribution in [0.15, 0.2) is 65.8 Å². The second-order valence-electron chi connectivity index (χ2n) is 9.73. The molecule has 0 aliphatic carbocycles. The highest BCUT2D eigenvalue weighted by atomic mass is 35.5. The van der Waals surface area contributed by atoms with E-state index in [0.29, 0.717) is 35.1 Å². The van der Waals surface area contributed by atoms with Crippen molar-refractivity contribution in [1.82, 2.24) is 34.4 Å². The summed E-state index contributed by atoms with van der Waals surface area (Å²) in [6, 6.07) is 13.2. The quantitative estimate of drug-likeness (QED) is 0.255. The topological polar surface area (TPSA) is 97.0 Å². The van der Waals surface area contributed by atoms with E-state index in [1.807, 2.05) is 12.1 Å². The van der Waals surface area contributed by atoms with E-state index in [1.54, 1.807) is 35.3 Å². The van der Waals surface area contributed by atoms with E-state index < -0.39 is 5.56 Å². The molecule has 2 aromatic carbocycles. The number of hydrogen-bond acceptors (Lipinski definition) is 8. The number of rotatable bonds is 7. The minimum atomic E-state index is -0.449. The van der Waals surface area contributed by atoms with Gasteiger partial charge in [-0.3, -0.25) is 9.48 Å². The van der Waals surface area contributed by atoms with E-state index >= 15 is 0 Å². The molecule has 0 radical (unpaired) electrons. The number of piperazine rings is 1. The second-order valence-corrected chi connectivity index (χ2v) is 10.9. The van der Waals surface area contributed by atoms with Crippen molar-refractivity contribution in [3.8, 4) is 16.9 Å².